The normalized spacial score (nSPS) is 17.2. The zero-order valence-electron chi connectivity index (χ0n) is 15.1. The highest BCUT2D eigenvalue weighted by molar-refractivity contribution is 7.17. The van der Waals surface area contributed by atoms with E-state index >= 15 is 0 Å². The van der Waals surface area contributed by atoms with Gasteiger partial charge in [-0.25, -0.2) is 4.98 Å². The number of ether oxygens (including phenoxy) is 1. The molecule has 0 saturated carbocycles. The van der Waals surface area contributed by atoms with Crippen LogP contribution in [0.4, 0.5) is 0 Å². The van der Waals surface area contributed by atoms with Gasteiger partial charge in [0.2, 0.25) is 10.8 Å². The highest BCUT2D eigenvalue weighted by atomic mass is 32.1. The molecule has 0 aliphatic carbocycles. The van der Waals surface area contributed by atoms with Crippen molar-refractivity contribution < 1.29 is 14.6 Å². The van der Waals surface area contributed by atoms with Gasteiger partial charge in [0.1, 0.15) is 6.33 Å². The number of carbonyl (C=O) groups excluding carboxylic acids is 1. The number of aromatic nitrogens is 3. The third-order valence-corrected chi connectivity index (χ3v) is 6.10. The van der Waals surface area contributed by atoms with Gasteiger partial charge < -0.3 is 9.84 Å². The molecule has 8 heteroatoms. The Kier molecular flexibility index (Phi) is 5.09. The fourth-order valence-corrected chi connectivity index (χ4v) is 4.78. The van der Waals surface area contributed by atoms with Crippen LogP contribution in [0, 0.1) is 5.92 Å². The first kappa shape index (κ1) is 17.9. The molecule has 27 heavy (non-hydrogen) atoms. The minimum Gasteiger partial charge on any atom is -0.492 e. The lowest BCUT2D eigenvalue weighted by molar-refractivity contribution is -0.149. The molecular formula is C19H22N4O3S. The summed E-state index contributed by atoms with van der Waals surface area (Å²) in [5, 5.41) is 14.8. The fourth-order valence-electron chi connectivity index (χ4n) is 3.69. The summed E-state index contributed by atoms with van der Waals surface area (Å²) >= 11 is 1.45. The van der Waals surface area contributed by atoms with Crippen molar-refractivity contribution in [3.8, 4) is 5.88 Å². The topological polar surface area (TPSA) is 80.0 Å². The zero-order chi connectivity index (χ0) is 18.8. The average Bonchev–Trinajstić information content (AvgIpc) is 3.27. The molecule has 3 heterocycles. The summed E-state index contributed by atoms with van der Waals surface area (Å²) < 4.78 is 6.65. The van der Waals surface area contributed by atoms with Crippen molar-refractivity contribution >= 4 is 22.3 Å². The Morgan fingerprint density at radius 2 is 2.07 bits per heavy atom. The van der Waals surface area contributed by atoms with E-state index in [1.807, 2.05) is 25.1 Å². The highest BCUT2D eigenvalue weighted by Crippen LogP contribution is 2.41. The van der Waals surface area contributed by atoms with E-state index in [1.165, 1.54) is 22.2 Å². The van der Waals surface area contributed by atoms with Crippen molar-refractivity contribution in [1.29, 1.82) is 0 Å². The van der Waals surface area contributed by atoms with Crippen LogP contribution in [0.3, 0.4) is 0 Å². The number of likely N-dealkylation sites (tertiary alicyclic amines) is 1. The second kappa shape index (κ2) is 7.66. The number of hydrogen-bond acceptors (Lipinski definition) is 7. The Morgan fingerprint density at radius 3 is 2.74 bits per heavy atom. The molecule has 0 unspecified atom stereocenters. The highest BCUT2D eigenvalue weighted by Gasteiger charge is 2.33. The average molecular weight is 386 g/mol. The number of fused-ring (bicyclic) bond motifs is 1. The van der Waals surface area contributed by atoms with E-state index in [2.05, 4.69) is 27.1 Å². The van der Waals surface area contributed by atoms with E-state index in [0.29, 0.717) is 11.6 Å². The summed E-state index contributed by atoms with van der Waals surface area (Å²) in [4.78, 5) is 20.1. The molecule has 1 saturated heterocycles. The maximum absolute atomic E-state index is 12.1. The van der Waals surface area contributed by atoms with Crippen LogP contribution in [0.2, 0.25) is 0 Å². The minimum absolute atomic E-state index is 0.0477. The molecule has 3 aromatic rings. The Morgan fingerprint density at radius 1 is 1.33 bits per heavy atom. The molecule has 7 nitrogen and oxygen atoms in total. The van der Waals surface area contributed by atoms with Crippen LogP contribution in [-0.4, -0.2) is 50.3 Å². The van der Waals surface area contributed by atoms with Crippen LogP contribution in [0.25, 0.3) is 4.96 Å². The number of rotatable bonds is 5. The van der Waals surface area contributed by atoms with Gasteiger partial charge in [0.15, 0.2) is 0 Å². The van der Waals surface area contributed by atoms with E-state index in [0.717, 1.165) is 36.4 Å². The van der Waals surface area contributed by atoms with Crippen LogP contribution in [0.1, 0.15) is 36.2 Å². The number of piperidine rings is 1. The molecule has 1 aliphatic rings. The van der Waals surface area contributed by atoms with Crippen LogP contribution in [0.15, 0.2) is 36.7 Å². The summed E-state index contributed by atoms with van der Waals surface area (Å²) in [5.41, 5.74) is 1.10. The van der Waals surface area contributed by atoms with Gasteiger partial charge in [-0.3, -0.25) is 9.69 Å². The lowest BCUT2D eigenvalue weighted by atomic mass is 9.94. The molecule has 0 spiro atoms. The number of benzene rings is 1. The Bertz CT molecular complexity index is 916. The molecule has 4 rings (SSSR count). The first-order chi connectivity index (χ1) is 13.2. The third-order valence-electron chi connectivity index (χ3n) is 5.02. The van der Waals surface area contributed by atoms with Crippen molar-refractivity contribution in [1.82, 2.24) is 19.5 Å². The lowest BCUT2D eigenvalue weighted by Crippen LogP contribution is -2.39. The smallest absolute Gasteiger partial charge is 0.309 e. The van der Waals surface area contributed by atoms with Gasteiger partial charge in [-0.1, -0.05) is 41.7 Å². The predicted octanol–water partition coefficient (Wildman–Crippen LogP) is 2.86. The quantitative estimate of drug-likeness (QED) is 0.679. The maximum atomic E-state index is 12.1. The van der Waals surface area contributed by atoms with Crippen molar-refractivity contribution in [2.24, 2.45) is 5.92 Å². The van der Waals surface area contributed by atoms with Crippen molar-refractivity contribution in [2.75, 3.05) is 19.7 Å². The third kappa shape index (κ3) is 3.42. The van der Waals surface area contributed by atoms with Crippen LogP contribution in [0.5, 0.6) is 5.88 Å². The van der Waals surface area contributed by atoms with E-state index in [1.54, 1.807) is 0 Å². The molecule has 0 radical (unpaired) electrons. The summed E-state index contributed by atoms with van der Waals surface area (Å²) in [6.45, 7) is 3.77. The Balaban J connectivity index is 1.63. The van der Waals surface area contributed by atoms with Gasteiger partial charge in [-0.2, -0.15) is 9.61 Å². The van der Waals surface area contributed by atoms with Crippen LogP contribution >= 0.6 is 11.3 Å². The standard InChI is InChI=1S/C19H22N4O3S/c1-2-26-18(25)14-8-10-22(11-9-14)15(13-6-4-3-5-7-13)16-17(24)23-19(27-16)20-12-21-23/h3-7,12,14-15,24H,2,8-11H2,1H3/t15-/m1/s1. The molecule has 0 bridgehead atoms. The Labute approximate surface area is 161 Å². The summed E-state index contributed by atoms with van der Waals surface area (Å²) in [6, 6.07) is 10.0. The predicted molar refractivity (Wildman–Crippen MR) is 102 cm³/mol. The number of nitrogens with zero attached hydrogens (tertiary/aromatic N) is 4. The van der Waals surface area contributed by atoms with Gasteiger partial charge in [0.25, 0.3) is 0 Å². The van der Waals surface area contributed by atoms with Gasteiger partial charge >= 0.3 is 5.97 Å². The largest absolute Gasteiger partial charge is 0.492 e. The molecular weight excluding hydrogens is 364 g/mol. The first-order valence-electron chi connectivity index (χ1n) is 9.16. The number of thiazole rings is 1. The lowest BCUT2D eigenvalue weighted by Gasteiger charge is -2.36. The van der Waals surface area contributed by atoms with Crippen molar-refractivity contribution in [3.63, 3.8) is 0 Å². The first-order valence-corrected chi connectivity index (χ1v) is 9.97. The fraction of sp³-hybridized carbons (Fsp3) is 0.421. The number of carbonyl (C=O) groups is 1. The zero-order valence-corrected chi connectivity index (χ0v) is 15.9. The SMILES string of the molecule is CCOC(=O)C1CCN([C@H](c2ccccc2)c2sc3ncnn3c2O)CC1. The summed E-state index contributed by atoms with van der Waals surface area (Å²) in [6.07, 6.45) is 2.95. The van der Waals surface area contributed by atoms with E-state index in [-0.39, 0.29) is 23.8 Å². The molecule has 1 atom stereocenters. The monoisotopic (exact) mass is 386 g/mol. The van der Waals surface area contributed by atoms with Crippen molar-refractivity contribution in [3.05, 3.63) is 47.1 Å². The van der Waals surface area contributed by atoms with Gasteiger partial charge in [-0.05, 0) is 38.4 Å². The maximum Gasteiger partial charge on any atom is 0.309 e. The number of aromatic hydroxyl groups is 1. The second-order valence-electron chi connectivity index (χ2n) is 6.62. The van der Waals surface area contributed by atoms with E-state index in [4.69, 9.17) is 4.74 Å². The van der Waals surface area contributed by atoms with Gasteiger partial charge in [-0.15, -0.1) is 0 Å². The number of hydrogen-bond donors (Lipinski definition) is 1. The minimum atomic E-state index is -0.102. The number of esters is 1. The molecule has 2 aromatic heterocycles. The van der Waals surface area contributed by atoms with Crippen molar-refractivity contribution in [2.45, 2.75) is 25.8 Å². The van der Waals surface area contributed by atoms with Gasteiger partial charge in [0, 0.05) is 0 Å². The van der Waals surface area contributed by atoms with Crippen LogP contribution in [-0.2, 0) is 9.53 Å². The summed E-state index contributed by atoms with van der Waals surface area (Å²) in [7, 11) is 0. The molecule has 1 aromatic carbocycles. The summed E-state index contributed by atoms with van der Waals surface area (Å²) in [5.74, 6) is -0.0162. The molecule has 1 fully saturated rings. The molecule has 142 valence electrons. The van der Waals surface area contributed by atoms with E-state index < -0.39 is 0 Å². The molecule has 1 N–H and O–H groups in total. The van der Waals surface area contributed by atoms with Gasteiger partial charge in [0.05, 0.1) is 23.4 Å². The molecule has 0 amide bonds. The van der Waals surface area contributed by atoms with Crippen LogP contribution < -0.4 is 0 Å². The van der Waals surface area contributed by atoms with E-state index in [9.17, 15) is 9.90 Å². The molecule has 1 aliphatic heterocycles. The second-order valence-corrected chi connectivity index (χ2v) is 7.63. The Hall–Kier alpha value is -2.45.